The minimum Gasteiger partial charge on any atom is -0.324 e. The molecular formula is C12H18N2OS. The van der Waals surface area contributed by atoms with E-state index in [1.165, 1.54) is 0 Å². The summed E-state index contributed by atoms with van der Waals surface area (Å²) in [6.45, 7) is 2.02. The number of nitrogens with two attached hydrogens (primary N) is 1. The van der Waals surface area contributed by atoms with Crippen molar-refractivity contribution in [3.8, 4) is 0 Å². The third-order valence-electron chi connectivity index (χ3n) is 2.30. The summed E-state index contributed by atoms with van der Waals surface area (Å²) in [5.41, 5.74) is 6.59. The molecule has 1 amide bonds. The average molecular weight is 238 g/mol. The van der Waals surface area contributed by atoms with Gasteiger partial charge in [-0.3, -0.25) is 4.79 Å². The first kappa shape index (κ1) is 13.1. The van der Waals surface area contributed by atoms with Gasteiger partial charge < -0.3 is 11.1 Å². The van der Waals surface area contributed by atoms with E-state index >= 15 is 0 Å². The maximum atomic E-state index is 11.7. The molecule has 0 bridgehead atoms. The normalized spacial score (nSPS) is 12.2. The van der Waals surface area contributed by atoms with E-state index in [9.17, 15) is 4.79 Å². The zero-order valence-electron chi connectivity index (χ0n) is 9.69. The molecule has 0 spiro atoms. The zero-order chi connectivity index (χ0) is 12.0. The molecule has 1 aromatic rings. The predicted molar refractivity (Wildman–Crippen MR) is 69.7 cm³/mol. The zero-order valence-corrected chi connectivity index (χ0v) is 10.5. The highest BCUT2D eigenvalue weighted by Crippen LogP contribution is 2.24. The Kier molecular flexibility index (Phi) is 5.35. The van der Waals surface area contributed by atoms with Gasteiger partial charge in [-0.05, 0) is 24.8 Å². The minimum absolute atomic E-state index is 0.108. The summed E-state index contributed by atoms with van der Waals surface area (Å²) in [4.78, 5) is 12.8. The van der Waals surface area contributed by atoms with Crippen LogP contribution in [-0.2, 0) is 4.79 Å². The lowest BCUT2D eigenvalue weighted by Gasteiger charge is -2.13. The molecular weight excluding hydrogens is 220 g/mol. The van der Waals surface area contributed by atoms with Crippen LogP contribution in [0.4, 0.5) is 5.69 Å². The Morgan fingerprint density at radius 2 is 2.19 bits per heavy atom. The highest BCUT2D eigenvalue weighted by molar-refractivity contribution is 7.98. The highest BCUT2D eigenvalue weighted by Gasteiger charge is 2.13. The first-order chi connectivity index (χ1) is 7.69. The molecule has 0 aliphatic heterocycles. The van der Waals surface area contributed by atoms with E-state index < -0.39 is 6.04 Å². The van der Waals surface area contributed by atoms with E-state index in [-0.39, 0.29) is 5.91 Å². The van der Waals surface area contributed by atoms with Crippen molar-refractivity contribution >= 4 is 23.4 Å². The van der Waals surface area contributed by atoms with Crippen molar-refractivity contribution in [2.24, 2.45) is 5.73 Å². The van der Waals surface area contributed by atoms with Gasteiger partial charge in [0.2, 0.25) is 5.91 Å². The van der Waals surface area contributed by atoms with Gasteiger partial charge in [0, 0.05) is 4.90 Å². The SMILES string of the molecule is CCC[C@@H](N)C(=O)Nc1ccccc1SC. The molecule has 3 N–H and O–H groups in total. The average Bonchev–Trinajstić information content (AvgIpc) is 2.30. The van der Waals surface area contributed by atoms with E-state index in [2.05, 4.69) is 5.32 Å². The quantitative estimate of drug-likeness (QED) is 0.775. The number of carbonyl (C=O) groups is 1. The Balaban J connectivity index is 2.69. The number of amides is 1. The van der Waals surface area contributed by atoms with Crippen LogP contribution < -0.4 is 11.1 Å². The number of hydrogen-bond acceptors (Lipinski definition) is 3. The summed E-state index contributed by atoms with van der Waals surface area (Å²) >= 11 is 1.61. The van der Waals surface area contributed by atoms with E-state index in [1.807, 2.05) is 37.4 Å². The Bertz CT molecular complexity index is 355. The maximum absolute atomic E-state index is 11.7. The number of rotatable bonds is 5. The Hall–Kier alpha value is -1.00. The number of benzene rings is 1. The Labute approximate surface area is 101 Å². The van der Waals surface area contributed by atoms with Gasteiger partial charge in [-0.15, -0.1) is 11.8 Å². The van der Waals surface area contributed by atoms with Gasteiger partial charge in [0.05, 0.1) is 11.7 Å². The number of hydrogen-bond donors (Lipinski definition) is 2. The fourth-order valence-electron chi connectivity index (χ4n) is 1.42. The number of anilines is 1. The van der Waals surface area contributed by atoms with Gasteiger partial charge in [-0.25, -0.2) is 0 Å². The molecule has 1 aromatic carbocycles. The lowest BCUT2D eigenvalue weighted by Crippen LogP contribution is -2.35. The highest BCUT2D eigenvalue weighted by atomic mass is 32.2. The van der Waals surface area contributed by atoms with Crippen molar-refractivity contribution in [2.75, 3.05) is 11.6 Å². The van der Waals surface area contributed by atoms with Crippen LogP contribution in [-0.4, -0.2) is 18.2 Å². The van der Waals surface area contributed by atoms with Crippen molar-refractivity contribution in [2.45, 2.75) is 30.7 Å². The summed E-state index contributed by atoms with van der Waals surface area (Å²) in [6.07, 6.45) is 3.61. The van der Waals surface area contributed by atoms with Gasteiger partial charge in [0.15, 0.2) is 0 Å². The Morgan fingerprint density at radius 3 is 2.81 bits per heavy atom. The molecule has 0 fully saturated rings. The van der Waals surface area contributed by atoms with Crippen LogP contribution in [0.5, 0.6) is 0 Å². The number of thioether (sulfide) groups is 1. The van der Waals surface area contributed by atoms with Crippen LogP contribution in [0.3, 0.4) is 0 Å². The standard InChI is InChI=1S/C12H18N2OS/c1-3-6-9(13)12(15)14-10-7-4-5-8-11(10)16-2/h4-5,7-9H,3,6,13H2,1-2H3,(H,14,15)/t9-/m1/s1. The van der Waals surface area contributed by atoms with Crippen LogP contribution in [0.2, 0.25) is 0 Å². The fraction of sp³-hybridized carbons (Fsp3) is 0.417. The maximum Gasteiger partial charge on any atom is 0.241 e. The van der Waals surface area contributed by atoms with Crippen molar-refractivity contribution in [1.29, 1.82) is 0 Å². The minimum atomic E-state index is -0.417. The number of para-hydroxylation sites is 1. The van der Waals surface area contributed by atoms with Crippen molar-refractivity contribution in [3.05, 3.63) is 24.3 Å². The lowest BCUT2D eigenvalue weighted by atomic mass is 10.1. The molecule has 0 saturated carbocycles. The van der Waals surface area contributed by atoms with Crippen LogP contribution in [0.15, 0.2) is 29.2 Å². The lowest BCUT2D eigenvalue weighted by molar-refractivity contribution is -0.117. The van der Waals surface area contributed by atoms with Crippen LogP contribution >= 0.6 is 11.8 Å². The first-order valence-electron chi connectivity index (χ1n) is 5.38. The predicted octanol–water partition coefficient (Wildman–Crippen LogP) is 2.47. The molecule has 0 radical (unpaired) electrons. The molecule has 88 valence electrons. The second-order valence-electron chi connectivity index (χ2n) is 3.58. The van der Waals surface area contributed by atoms with E-state index in [4.69, 9.17) is 5.73 Å². The number of carbonyl (C=O) groups excluding carboxylic acids is 1. The summed E-state index contributed by atoms with van der Waals surface area (Å²) in [5.74, 6) is -0.108. The summed E-state index contributed by atoms with van der Waals surface area (Å²) in [7, 11) is 0. The largest absolute Gasteiger partial charge is 0.324 e. The van der Waals surface area contributed by atoms with Crippen LogP contribution in [0, 0.1) is 0 Å². The van der Waals surface area contributed by atoms with Gasteiger partial charge in [-0.1, -0.05) is 25.5 Å². The second kappa shape index (κ2) is 6.55. The van der Waals surface area contributed by atoms with Gasteiger partial charge in [-0.2, -0.15) is 0 Å². The van der Waals surface area contributed by atoms with Crippen molar-refractivity contribution in [1.82, 2.24) is 0 Å². The molecule has 1 atom stereocenters. The third-order valence-corrected chi connectivity index (χ3v) is 3.10. The molecule has 0 unspecified atom stereocenters. The fourth-order valence-corrected chi connectivity index (χ4v) is 1.97. The smallest absolute Gasteiger partial charge is 0.241 e. The van der Waals surface area contributed by atoms with Crippen molar-refractivity contribution < 1.29 is 4.79 Å². The third kappa shape index (κ3) is 3.54. The van der Waals surface area contributed by atoms with Gasteiger partial charge in [0.1, 0.15) is 0 Å². The van der Waals surface area contributed by atoms with Gasteiger partial charge >= 0.3 is 0 Å². The van der Waals surface area contributed by atoms with Crippen LogP contribution in [0.1, 0.15) is 19.8 Å². The molecule has 0 saturated heterocycles. The van der Waals surface area contributed by atoms with E-state index in [0.29, 0.717) is 6.42 Å². The molecule has 0 aromatic heterocycles. The molecule has 16 heavy (non-hydrogen) atoms. The molecule has 0 aliphatic rings. The first-order valence-corrected chi connectivity index (χ1v) is 6.61. The second-order valence-corrected chi connectivity index (χ2v) is 4.43. The van der Waals surface area contributed by atoms with Gasteiger partial charge in [0.25, 0.3) is 0 Å². The summed E-state index contributed by atoms with van der Waals surface area (Å²) in [6, 6.07) is 7.31. The Morgan fingerprint density at radius 1 is 1.50 bits per heavy atom. The van der Waals surface area contributed by atoms with E-state index in [1.54, 1.807) is 11.8 Å². The summed E-state index contributed by atoms with van der Waals surface area (Å²) in [5, 5.41) is 2.86. The molecule has 3 nitrogen and oxygen atoms in total. The van der Waals surface area contributed by atoms with Crippen LogP contribution in [0.25, 0.3) is 0 Å². The number of nitrogens with one attached hydrogen (secondary N) is 1. The molecule has 0 aliphatic carbocycles. The molecule has 0 heterocycles. The van der Waals surface area contributed by atoms with Crippen molar-refractivity contribution in [3.63, 3.8) is 0 Å². The van der Waals surface area contributed by atoms with E-state index in [0.717, 1.165) is 17.0 Å². The molecule has 4 heteroatoms. The monoisotopic (exact) mass is 238 g/mol. The summed E-state index contributed by atoms with van der Waals surface area (Å²) < 4.78 is 0. The topological polar surface area (TPSA) is 55.1 Å². The molecule has 1 rings (SSSR count).